The lowest BCUT2D eigenvalue weighted by Crippen LogP contribution is -2.64. The van der Waals surface area contributed by atoms with E-state index in [0.717, 1.165) is 69.5 Å². The first-order valence-corrected chi connectivity index (χ1v) is 14.2. The Labute approximate surface area is 225 Å². The predicted octanol–water partition coefficient (Wildman–Crippen LogP) is 6.85. The molecule has 1 fully saturated rings. The number of aromatic nitrogens is 2. The van der Waals surface area contributed by atoms with Crippen LogP contribution in [0, 0.1) is 5.92 Å². The standard InChI is InChI=1S/C30H33N3O4S/c1-29(2,3)37-28(36)33-23(26(34)35)17-20-19-13-7-8-14-21(19)31-25(20)30(33,18-11-5-4-6-12-18)27-32-22-15-9-10-16-24(22)38-27/h7-10,13-16,18,23,31H,4-6,11-12,17H2,1-3H3,(H,34,35)/t23-,30+/m1/s1. The molecule has 7 nitrogen and oxygen atoms in total. The fourth-order valence-corrected chi connectivity index (χ4v) is 7.75. The Kier molecular flexibility index (Phi) is 5.98. The number of ether oxygens (including phenoxy) is 1. The van der Waals surface area contributed by atoms with E-state index in [1.54, 1.807) is 16.2 Å². The maximum atomic E-state index is 14.2. The molecule has 1 amide bonds. The van der Waals surface area contributed by atoms with Crippen LogP contribution in [0.3, 0.4) is 0 Å². The number of thiazole rings is 1. The van der Waals surface area contributed by atoms with Crippen LogP contribution in [0.2, 0.25) is 0 Å². The van der Waals surface area contributed by atoms with Crippen LogP contribution in [0.5, 0.6) is 0 Å². The number of rotatable bonds is 3. The minimum Gasteiger partial charge on any atom is -0.480 e. The molecular weight excluding hydrogens is 498 g/mol. The molecule has 2 atom stereocenters. The monoisotopic (exact) mass is 531 g/mol. The van der Waals surface area contributed by atoms with Crippen molar-refractivity contribution in [3.05, 3.63) is 64.8 Å². The van der Waals surface area contributed by atoms with Crippen molar-refractivity contribution in [2.45, 2.75) is 76.5 Å². The van der Waals surface area contributed by atoms with Crippen molar-refractivity contribution < 1.29 is 19.4 Å². The molecule has 2 aromatic heterocycles. The number of carboxylic acid groups (broad SMARTS) is 1. The van der Waals surface area contributed by atoms with Gasteiger partial charge in [0.05, 0.1) is 15.9 Å². The molecule has 0 saturated heterocycles. The number of aliphatic carboxylic acids is 1. The third kappa shape index (κ3) is 3.88. The summed E-state index contributed by atoms with van der Waals surface area (Å²) < 4.78 is 6.99. The van der Waals surface area contributed by atoms with E-state index in [9.17, 15) is 14.7 Å². The van der Waals surface area contributed by atoms with E-state index >= 15 is 0 Å². The molecule has 4 aromatic rings. The minimum atomic E-state index is -1.10. The van der Waals surface area contributed by atoms with Crippen LogP contribution in [0.25, 0.3) is 21.1 Å². The first-order valence-electron chi connectivity index (χ1n) is 13.4. The topological polar surface area (TPSA) is 95.5 Å². The molecule has 2 aliphatic rings. The number of fused-ring (bicyclic) bond motifs is 4. The highest BCUT2D eigenvalue weighted by Crippen LogP contribution is 2.55. The summed E-state index contributed by atoms with van der Waals surface area (Å²) in [4.78, 5) is 37.6. The summed E-state index contributed by atoms with van der Waals surface area (Å²) in [6, 6.07) is 14.9. The third-order valence-electron chi connectivity index (χ3n) is 7.98. The van der Waals surface area contributed by atoms with Crippen LogP contribution in [-0.2, 0) is 21.5 Å². The number of nitrogens with zero attached hydrogens (tertiary/aromatic N) is 2. The normalized spacial score (nSPS) is 22.5. The Morgan fingerprint density at radius 1 is 1.08 bits per heavy atom. The average molecular weight is 532 g/mol. The van der Waals surface area contributed by atoms with Crippen LogP contribution in [0.1, 0.15) is 69.1 Å². The molecule has 2 aromatic carbocycles. The van der Waals surface area contributed by atoms with Gasteiger partial charge in [-0.3, -0.25) is 4.90 Å². The zero-order valence-corrected chi connectivity index (χ0v) is 22.8. The van der Waals surface area contributed by atoms with Crippen LogP contribution in [0.4, 0.5) is 4.79 Å². The van der Waals surface area contributed by atoms with E-state index in [4.69, 9.17) is 9.72 Å². The number of carboxylic acids is 1. The molecule has 2 N–H and O–H groups in total. The number of carbonyl (C=O) groups is 2. The van der Waals surface area contributed by atoms with Crippen molar-refractivity contribution in [2.24, 2.45) is 5.92 Å². The highest BCUT2D eigenvalue weighted by molar-refractivity contribution is 7.18. The first kappa shape index (κ1) is 24.9. The Morgan fingerprint density at radius 2 is 1.79 bits per heavy atom. The van der Waals surface area contributed by atoms with Crippen molar-refractivity contribution in [2.75, 3.05) is 0 Å². The van der Waals surface area contributed by atoms with Crippen molar-refractivity contribution in [1.29, 1.82) is 0 Å². The smallest absolute Gasteiger partial charge is 0.412 e. The molecule has 0 radical (unpaired) electrons. The van der Waals surface area contributed by atoms with Gasteiger partial charge in [0, 0.05) is 17.3 Å². The summed E-state index contributed by atoms with van der Waals surface area (Å²) in [5.74, 6) is -1.05. The molecule has 198 valence electrons. The number of para-hydroxylation sites is 2. The fourth-order valence-electron chi connectivity index (χ4n) is 6.51. The predicted molar refractivity (Wildman–Crippen MR) is 148 cm³/mol. The second kappa shape index (κ2) is 9.12. The lowest BCUT2D eigenvalue weighted by atomic mass is 9.68. The van der Waals surface area contributed by atoms with E-state index in [0.29, 0.717) is 0 Å². The fraction of sp³-hybridized carbons (Fsp3) is 0.433. The molecule has 1 aliphatic heterocycles. The van der Waals surface area contributed by atoms with Gasteiger partial charge in [0.1, 0.15) is 22.2 Å². The lowest BCUT2D eigenvalue weighted by Gasteiger charge is -2.53. The van der Waals surface area contributed by atoms with Crippen LogP contribution in [0.15, 0.2) is 48.5 Å². The van der Waals surface area contributed by atoms with Gasteiger partial charge < -0.3 is 14.8 Å². The number of H-pyrrole nitrogens is 1. The zero-order valence-electron chi connectivity index (χ0n) is 22.0. The van der Waals surface area contributed by atoms with Gasteiger partial charge in [-0.25, -0.2) is 14.6 Å². The summed E-state index contributed by atoms with van der Waals surface area (Å²) in [7, 11) is 0. The third-order valence-corrected chi connectivity index (χ3v) is 9.14. The Hall–Kier alpha value is -3.39. The molecule has 1 saturated carbocycles. The van der Waals surface area contributed by atoms with Gasteiger partial charge in [0.25, 0.3) is 0 Å². The Balaban J connectivity index is 1.72. The second-order valence-corrected chi connectivity index (χ2v) is 12.6. The van der Waals surface area contributed by atoms with Gasteiger partial charge in [-0.2, -0.15) is 0 Å². The molecule has 1 aliphatic carbocycles. The first-order chi connectivity index (χ1) is 18.2. The van der Waals surface area contributed by atoms with Crippen molar-refractivity contribution >= 4 is 44.5 Å². The Morgan fingerprint density at radius 3 is 2.50 bits per heavy atom. The van der Waals surface area contributed by atoms with E-state index in [2.05, 4.69) is 4.98 Å². The molecule has 6 rings (SSSR count). The lowest BCUT2D eigenvalue weighted by molar-refractivity contribution is -0.147. The minimum absolute atomic E-state index is 0.0155. The summed E-state index contributed by atoms with van der Waals surface area (Å²) in [5, 5.41) is 12.4. The molecular formula is C30H33N3O4S. The van der Waals surface area contributed by atoms with Gasteiger partial charge in [0.2, 0.25) is 0 Å². The largest absolute Gasteiger partial charge is 0.480 e. The van der Waals surface area contributed by atoms with Gasteiger partial charge in [-0.05, 0) is 63.3 Å². The van der Waals surface area contributed by atoms with Gasteiger partial charge >= 0.3 is 12.1 Å². The van der Waals surface area contributed by atoms with E-state index in [1.165, 1.54) is 0 Å². The number of benzene rings is 2. The molecule has 0 unspecified atom stereocenters. The quantitative estimate of drug-likeness (QED) is 0.301. The highest BCUT2D eigenvalue weighted by Gasteiger charge is 2.60. The van der Waals surface area contributed by atoms with E-state index < -0.39 is 29.2 Å². The average Bonchev–Trinajstić information content (AvgIpc) is 3.49. The van der Waals surface area contributed by atoms with E-state index in [1.807, 2.05) is 69.3 Å². The molecule has 0 spiro atoms. The number of hydrogen-bond acceptors (Lipinski definition) is 5. The molecule has 0 bridgehead atoms. The van der Waals surface area contributed by atoms with Crippen LogP contribution < -0.4 is 0 Å². The van der Waals surface area contributed by atoms with Crippen LogP contribution in [-0.4, -0.2) is 43.7 Å². The second-order valence-electron chi connectivity index (χ2n) is 11.5. The summed E-state index contributed by atoms with van der Waals surface area (Å²) in [5.41, 5.74) is 1.75. The SMILES string of the molecule is CC(C)(C)OC(=O)N1[C@@H](C(=O)O)Cc2c([nH]c3ccccc23)[C@]1(c1nc2ccccc2s1)C1CCCCC1. The zero-order chi connectivity index (χ0) is 26.7. The number of hydrogen-bond donors (Lipinski definition) is 2. The van der Waals surface area contributed by atoms with Crippen molar-refractivity contribution in [3.63, 3.8) is 0 Å². The Bertz CT molecular complexity index is 1490. The molecule has 8 heteroatoms. The summed E-state index contributed by atoms with van der Waals surface area (Å²) >= 11 is 1.55. The number of carbonyl (C=O) groups excluding carboxylic acids is 1. The van der Waals surface area contributed by atoms with Gasteiger partial charge in [-0.15, -0.1) is 11.3 Å². The van der Waals surface area contributed by atoms with E-state index in [-0.39, 0.29) is 12.3 Å². The summed E-state index contributed by atoms with van der Waals surface area (Å²) in [6.07, 6.45) is 4.50. The maximum Gasteiger partial charge on any atom is 0.412 e. The number of aromatic amines is 1. The number of amides is 1. The van der Waals surface area contributed by atoms with Gasteiger partial charge in [0.15, 0.2) is 0 Å². The highest BCUT2D eigenvalue weighted by atomic mass is 32.1. The molecule has 3 heterocycles. The van der Waals surface area contributed by atoms with Gasteiger partial charge in [-0.1, -0.05) is 49.6 Å². The number of nitrogens with one attached hydrogen (secondary N) is 1. The van der Waals surface area contributed by atoms with Crippen molar-refractivity contribution in [1.82, 2.24) is 14.9 Å². The molecule has 38 heavy (non-hydrogen) atoms. The van der Waals surface area contributed by atoms with Crippen molar-refractivity contribution in [3.8, 4) is 0 Å². The van der Waals surface area contributed by atoms with Crippen LogP contribution >= 0.6 is 11.3 Å². The summed E-state index contributed by atoms with van der Waals surface area (Å²) in [6.45, 7) is 5.46. The maximum absolute atomic E-state index is 14.2.